The van der Waals surface area contributed by atoms with Crippen molar-refractivity contribution in [1.29, 1.82) is 0 Å². The van der Waals surface area contributed by atoms with Gasteiger partial charge in [-0.1, -0.05) is 18.2 Å². The number of hydrogen-bond donors (Lipinski definition) is 3. The third kappa shape index (κ3) is 4.19. The molecule has 0 aromatic heterocycles. The Kier molecular flexibility index (Phi) is 5.31. The Morgan fingerprint density at radius 3 is 2.42 bits per heavy atom. The minimum absolute atomic E-state index is 0.265. The Labute approximate surface area is 139 Å². The number of rotatable bonds is 5. The molecular weight excluding hydrogens is 308 g/mol. The zero-order chi connectivity index (χ0) is 17.7. The van der Waals surface area contributed by atoms with Crippen molar-refractivity contribution in [2.24, 2.45) is 0 Å². The minimum atomic E-state index is -1.12. The van der Waals surface area contributed by atoms with Gasteiger partial charge in [0.25, 0.3) is 11.8 Å². The topological polar surface area (TPSA) is 95.5 Å². The lowest BCUT2D eigenvalue weighted by molar-refractivity contribution is -0.135. The number of hydrogen-bond acceptors (Lipinski definition) is 3. The molecule has 0 saturated carbocycles. The van der Waals surface area contributed by atoms with Crippen molar-refractivity contribution in [3.63, 3.8) is 0 Å². The first-order chi connectivity index (χ1) is 11.4. The normalized spacial score (nSPS) is 10.1. The number of carbonyl (C=O) groups excluding carboxylic acids is 2. The van der Waals surface area contributed by atoms with Crippen molar-refractivity contribution < 1.29 is 19.5 Å². The van der Waals surface area contributed by atoms with Gasteiger partial charge in [-0.05, 0) is 49.2 Å². The van der Waals surface area contributed by atoms with Crippen molar-refractivity contribution in [1.82, 2.24) is 5.32 Å². The van der Waals surface area contributed by atoms with Crippen LogP contribution in [0.2, 0.25) is 0 Å². The first kappa shape index (κ1) is 17.2. The lowest BCUT2D eigenvalue weighted by Gasteiger charge is -2.10. The second-order valence-corrected chi connectivity index (χ2v) is 5.36. The number of aryl methyl sites for hydroxylation is 1. The molecule has 6 heteroatoms. The van der Waals surface area contributed by atoms with Gasteiger partial charge in [-0.3, -0.25) is 14.4 Å². The lowest BCUT2D eigenvalue weighted by atomic mass is 10.0. The summed E-state index contributed by atoms with van der Waals surface area (Å²) in [5.41, 5.74) is 3.21. The maximum atomic E-state index is 12.4. The number of nitrogens with one attached hydrogen (secondary N) is 2. The van der Waals surface area contributed by atoms with Gasteiger partial charge in [0.05, 0.1) is 0 Å². The highest BCUT2D eigenvalue weighted by atomic mass is 16.4. The van der Waals surface area contributed by atoms with E-state index in [0.29, 0.717) is 11.3 Å². The van der Waals surface area contributed by atoms with Crippen molar-refractivity contribution in [2.75, 3.05) is 11.9 Å². The summed E-state index contributed by atoms with van der Waals surface area (Å²) in [6.07, 6.45) is 0. The minimum Gasteiger partial charge on any atom is -0.480 e. The van der Waals surface area contributed by atoms with E-state index in [1.165, 1.54) is 6.07 Å². The summed E-state index contributed by atoms with van der Waals surface area (Å²) in [6, 6.07) is 11.8. The van der Waals surface area contributed by atoms with Crippen molar-refractivity contribution in [2.45, 2.75) is 13.8 Å². The van der Waals surface area contributed by atoms with Crippen LogP contribution < -0.4 is 10.6 Å². The fourth-order valence-electron chi connectivity index (χ4n) is 2.19. The predicted octanol–water partition coefficient (Wildman–Crippen LogP) is 2.37. The number of aliphatic carboxylic acids is 1. The van der Waals surface area contributed by atoms with Gasteiger partial charge in [-0.2, -0.15) is 0 Å². The Hall–Kier alpha value is -3.15. The van der Waals surface area contributed by atoms with Crippen LogP contribution in [0, 0.1) is 13.8 Å². The quantitative estimate of drug-likeness (QED) is 0.786. The van der Waals surface area contributed by atoms with Crippen LogP contribution in [0.4, 0.5) is 5.69 Å². The molecule has 0 aliphatic carbocycles. The summed E-state index contributed by atoms with van der Waals surface area (Å²) in [5, 5.41) is 13.6. The molecule has 3 N–H and O–H groups in total. The van der Waals surface area contributed by atoms with Gasteiger partial charge in [-0.25, -0.2) is 0 Å². The smallest absolute Gasteiger partial charge is 0.322 e. The van der Waals surface area contributed by atoms with E-state index in [2.05, 4.69) is 10.6 Å². The predicted molar refractivity (Wildman–Crippen MR) is 90.3 cm³/mol. The third-order valence-electron chi connectivity index (χ3n) is 3.63. The molecule has 6 nitrogen and oxygen atoms in total. The van der Waals surface area contributed by atoms with E-state index in [0.717, 1.165) is 11.1 Å². The molecule has 2 rings (SSSR count). The second-order valence-electron chi connectivity index (χ2n) is 5.36. The molecule has 0 aliphatic rings. The first-order valence-corrected chi connectivity index (χ1v) is 7.36. The van der Waals surface area contributed by atoms with Crippen LogP contribution in [0.5, 0.6) is 0 Å². The standard InChI is InChI=1S/C18H18N2O4/c1-11-5-3-8-15(12(11)2)18(24)20-14-7-4-6-13(9-14)17(23)19-10-16(21)22/h3-9H,10H2,1-2H3,(H,19,23)(H,20,24)(H,21,22). The van der Waals surface area contributed by atoms with E-state index in [9.17, 15) is 14.4 Å². The molecule has 0 radical (unpaired) electrons. The number of carboxylic acids is 1. The fourth-order valence-corrected chi connectivity index (χ4v) is 2.19. The van der Waals surface area contributed by atoms with Crippen molar-refractivity contribution >= 4 is 23.5 Å². The highest BCUT2D eigenvalue weighted by molar-refractivity contribution is 6.06. The molecule has 2 aromatic carbocycles. The number of carbonyl (C=O) groups is 3. The van der Waals surface area contributed by atoms with Crippen LogP contribution in [0.1, 0.15) is 31.8 Å². The maximum absolute atomic E-state index is 12.4. The molecule has 0 spiro atoms. The fraction of sp³-hybridized carbons (Fsp3) is 0.167. The van der Waals surface area contributed by atoms with Gasteiger partial charge in [-0.15, -0.1) is 0 Å². The Morgan fingerprint density at radius 2 is 1.71 bits per heavy atom. The summed E-state index contributed by atoms with van der Waals surface area (Å²) in [7, 11) is 0. The second kappa shape index (κ2) is 7.41. The highest BCUT2D eigenvalue weighted by Crippen LogP contribution is 2.16. The molecular formula is C18H18N2O4. The van der Waals surface area contributed by atoms with Gasteiger partial charge in [0.1, 0.15) is 6.54 Å². The summed E-state index contributed by atoms with van der Waals surface area (Å²) >= 11 is 0. The van der Waals surface area contributed by atoms with E-state index in [1.807, 2.05) is 26.0 Å². The van der Waals surface area contributed by atoms with Crippen molar-refractivity contribution in [3.8, 4) is 0 Å². The van der Waals surface area contributed by atoms with Gasteiger partial charge < -0.3 is 15.7 Å². The van der Waals surface area contributed by atoms with Gasteiger partial charge in [0.2, 0.25) is 0 Å². The van der Waals surface area contributed by atoms with E-state index < -0.39 is 18.4 Å². The van der Waals surface area contributed by atoms with Gasteiger partial charge >= 0.3 is 5.97 Å². The first-order valence-electron chi connectivity index (χ1n) is 7.36. The SMILES string of the molecule is Cc1cccc(C(=O)Nc2cccc(C(=O)NCC(=O)O)c2)c1C. The Morgan fingerprint density at radius 1 is 1.00 bits per heavy atom. The number of anilines is 1. The monoisotopic (exact) mass is 326 g/mol. The summed E-state index contributed by atoms with van der Waals surface area (Å²) in [5.74, 6) is -1.90. The number of amides is 2. The molecule has 124 valence electrons. The van der Waals surface area contributed by atoms with Crippen LogP contribution in [-0.4, -0.2) is 29.4 Å². The average Bonchev–Trinajstić information content (AvgIpc) is 2.55. The number of carboxylic acid groups (broad SMARTS) is 1. The largest absolute Gasteiger partial charge is 0.480 e. The van der Waals surface area contributed by atoms with Crippen molar-refractivity contribution in [3.05, 3.63) is 64.7 Å². The summed E-state index contributed by atoms with van der Waals surface area (Å²) < 4.78 is 0. The lowest BCUT2D eigenvalue weighted by Crippen LogP contribution is -2.29. The number of benzene rings is 2. The molecule has 0 aliphatic heterocycles. The van der Waals surface area contributed by atoms with E-state index in [1.54, 1.807) is 24.3 Å². The van der Waals surface area contributed by atoms with Crippen LogP contribution in [0.3, 0.4) is 0 Å². The van der Waals surface area contributed by atoms with Crippen LogP contribution in [0.25, 0.3) is 0 Å². The van der Waals surface area contributed by atoms with E-state index in [4.69, 9.17) is 5.11 Å². The van der Waals surface area contributed by atoms with Crippen LogP contribution in [0.15, 0.2) is 42.5 Å². The van der Waals surface area contributed by atoms with Crippen LogP contribution in [-0.2, 0) is 4.79 Å². The average molecular weight is 326 g/mol. The molecule has 0 fully saturated rings. The van der Waals surface area contributed by atoms with Gasteiger partial charge in [0, 0.05) is 16.8 Å². The molecule has 0 atom stereocenters. The zero-order valence-corrected chi connectivity index (χ0v) is 13.4. The van der Waals surface area contributed by atoms with E-state index >= 15 is 0 Å². The molecule has 24 heavy (non-hydrogen) atoms. The summed E-state index contributed by atoms with van der Waals surface area (Å²) in [6.45, 7) is 3.34. The molecule has 0 unspecified atom stereocenters. The summed E-state index contributed by atoms with van der Waals surface area (Å²) in [4.78, 5) is 34.8. The van der Waals surface area contributed by atoms with E-state index in [-0.39, 0.29) is 11.5 Å². The third-order valence-corrected chi connectivity index (χ3v) is 3.63. The Balaban J connectivity index is 2.14. The zero-order valence-electron chi connectivity index (χ0n) is 13.4. The molecule has 2 aromatic rings. The molecule has 0 bridgehead atoms. The molecule has 0 heterocycles. The maximum Gasteiger partial charge on any atom is 0.322 e. The van der Waals surface area contributed by atoms with Gasteiger partial charge in [0.15, 0.2) is 0 Å². The molecule has 2 amide bonds. The highest BCUT2D eigenvalue weighted by Gasteiger charge is 2.12. The van der Waals surface area contributed by atoms with Crippen LogP contribution >= 0.6 is 0 Å². The molecule has 0 saturated heterocycles. The Bertz CT molecular complexity index is 799.